The molecule has 0 aliphatic rings. The molecule has 0 aromatic carbocycles. The molecule has 20 heavy (non-hydrogen) atoms. The zero-order chi connectivity index (χ0) is 14.5. The minimum absolute atomic E-state index is 0.0611. The molecule has 2 heterocycles. The van der Waals surface area contributed by atoms with Crippen LogP contribution in [0, 0.1) is 0 Å². The van der Waals surface area contributed by atoms with E-state index in [1.165, 1.54) is 11.3 Å². The monoisotopic (exact) mass is 312 g/mol. The number of carboxylic acids is 1. The number of thiophene rings is 1. The Bertz CT molecular complexity index is 663. The highest BCUT2D eigenvalue weighted by atomic mass is 32.2. The second kappa shape index (κ2) is 6.90. The van der Waals surface area contributed by atoms with Gasteiger partial charge in [-0.2, -0.15) is 0 Å². The van der Waals surface area contributed by atoms with Crippen LogP contribution in [0.25, 0.3) is 10.2 Å². The highest BCUT2D eigenvalue weighted by Crippen LogP contribution is 2.21. The third-order valence-corrected chi connectivity index (χ3v) is 4.69. The molecule has 0 unspecified atom stereocenters. The Morgan fingerprint density at radius 2 is 2.30 bits per heavy atom. The number of nitrogens with zero attached hydrogens (tertiary/aromatic N) is 2. The van der Waals surface area contributed by atoms with Crippen molar-refractivity contribution in [2.24, 2.45) is 0 Å². The van der Waals surface area contributed by atoms with Gasteiger partial charge in [0.2, 0.25) is 0 Å². The summed E-state index contributed by atoms with van der Waals surface area (Å²) in [5.41, 5.74) is 0.591. The first-order valence-corrected chi connectivity index (χ1v) is 8.32. The number of aliphatic carboxylic acids is 1. The van der Waals surface area contributed by atoms with Crippen LogP contribution in [0.2, 0.25) is 0 Å². The lowest BCUT2D eigenvalue weighted by atomic mass is 10.2. The first-order valence-electron chi connectivity index (χ1n) is 6.46. The summed E-state index contributed by atoms with van der Waals surface area (Å²) in [5.74, 6) is -0.995. The van der Waals surface area contributed by atoms with E-state index in [0.717, 1.165) is 31.0 Å². The number of rotatable bonds is 7. The highest BCUT2D eigenvalue weighted by molar-refractivity contribution is 7.99. The lowest BCUT2D eigenvalue weighted by molar-refractivity contribution is -0.133. The molecular formula is C13H16N2O3S2. The molecule has 0 atom stereocenters. The van der Waals surface area contributed by atoms with Crippen LogP contribution >= 0.6 is 23.1 Å². The second-order valence-corrected chi connectivity index (χ2v) is 6.23. The summed E-state index contributed by atoms with van der Waals surface area (Å²) in [6.45, 7) is 2.69. The predicted octanol–water partition coefficient (Wildman–Crippen LogP) is 2.82. The van der Waals surface area contributed by atoms with Crippen molar-refractivity contribution in [2.45, 2.75) is 37.9 Å². The van der Waals surface area contributed by atoms with Crippen molar-refractivity contribution in [1.29, 1.82) is 0 Å². The SMILES string of the molecule is CCCCCn1c(SCC(=O)O)nc2ccsc2c1=O. The predicted molar refractivity (Wildman–Crippen MR) is 81.8 cm³/mol. The molecule has 5 nitrogen and oxygen atoms in total. The smallest absolute Gasteiger partial charge is 0.313 e. The largest absolute Gasteiger partial charge is 0.481 e. The van der Waals surface area contributed by atoms with Crippen LogP contribution in [0.5, 0.6) is 0 Å². The summed E-state index contributed by atoms with van der Waals surface area (Å²) in [5, 5.41) is 11.1. The van der Waals surface area contributed by atoms with Gasteiger partial charge < -0.3 is 5.11 Å². The highest BCUT2D eigenvalue weighted by Gasteiger charge is 2.13. The summed E-state index contributed by atoms with van der Waals surface area (Å²) in [6.07, 6.45) is 3.01. The number of carboxylic acid groups (broad SMARTS) is 1. The third-order valence-electron chi connectivity index (χ3n) is 2.84. The molecule has 2 aromatic heterocycles. The van der Waals surface area contributed by atoms with Crippen LogP contribution in [-0.2, 0) is 11.3 Å². The lowest BCUT2D eigenvalue weighted by Crippen LogP contribution is -2.23. The van der Waals surface area contributed by atoms with E-state index in [4.69, 9.17) is 5.11 Å². The molecule has 0 saturated heterocycles. The van der Waals surface area contributed by atoms with Crippen molar-refractivity contribution in [1.82, 2.24) is 9.55 Å². The minimum Gasteiger partial charge on any atom is -0.481 e. The van der Waals surface area contributed by atoms with Crippen LogP contribution in [-0.4, -0.2) is 26.4 Å². The van der Waals surface area contributed by atoms with E-state index in [1.54, 1.807) is 10.6 Å². The summed E-state index contributed by atoms with van der Waals surface area (Å²) >= 11 is 2.48. The maximum absolute atomic E-state index is 12.4. The van der Waals surface area contributed by atoms with E-state index < -0.39 is 5.97 Å². The van der Waals surface area contributed by atoms with Crippen LogP contribution in [0.4, 0.5) is 0 Å². The van der Waals surface area contributed by atoms with Crippen LogP contribution < -0.4 is 5.56 Å². The average Bonchev–Trinajstić information content (AvgIpc) is 2.87. The van der Waals surface area contributed by atoms with Crippen molar-refractivity contribution in [3.05, 3.63) is 21.8 Å². The van der Waals surface area contributed by atoms with E-state index in [0.29, 0.717) is 21.9 Å². The molecule has 0 radical (unpaired) electrons. The number of hydrogen-bond donors (Lipinski definition) is 1. The van der Waals surface area contributed by atoms with Gasteiger partial charge in [-0.05, 0) is 17.9 Å². The molecule has 2 rings (SSSR count). The van der Waals surface area contributed by atoms with Gasteiger partial charge >= 0.3 is 5.97 Å². The van der Waals surface area contributed by atoms with Crippen molar-refractivity contribution in [2.75, 3.05) is 5.75 Å². The molecule has 0 aliphatic carbocycles. The fourth-order valence-electron chi connectivity index (χ4n) is 1.88. The van der Waals surface area contributed by atoms with E-state index in [9.17, 15) is 9.59 Å². The second-order valence-electron chi connectivity index (χ2n) is 4.38. The lowest BCUT2D eigenvalue weighted by Gasteiger charge is -2.10. The van der Waals surface area contributed by atoms with Gasteiger partial charge in [0.1, 0.15) is 4.70 Å². The average molecular weight is 312 g/mol. The molecule has 1 N–H and O–H groups in total. The molecule has 108 valence electrons. The Kier molecular flexibility index (Phi) is 5.19. The summed E-state index contributed by atoms with van der Waals surface area (Å²) in [4.78, 5) is 27.6. The van der Waals surface area contributed by atoms with E-state index in [1.807, 2.05) is 5.38 Å². The molecule has 2 aromatic rings. The topological polar surface area (TPSA) is 72.2 Å². The Morgan fingerprint density at radius 3 is 3.00 bits per heavy atom. The van der Waals surface area contributed by atoms with Crippen molar-refractivity contribution < 1.29 is 9.90 Å². The normalized spacial score (nSPS) is 11.1. The number of hydrogen-bond acceptors (Lipinski definition) is 5. The molecular weight excluding hydrogens is 296 g/mol. The summed E-state index contributed by atoms with van der Waals surface area (Å²) < 4.78 is 2.25. The fraction of sp³-hybridized carbons (Fsp3) is 0.462. The van der Waals surface area contributed by atoms with E-state index in [-0.39, 0.29) is 11.3 Å². The maximum atomic E-state index is 12.4. The van der Waals surface area contributed by atoms with Crippen molar-refractivity contribution in [3.63, 3.8) is 0 Å². The molecule has 7 heteroatoms. The standard InChI is InChI=1S/C13H16N2O3S2/c1-2-3-4-6-15-12(18)11-9(5-7-19-11)14-13(15)20-8-10(16)17/h5,7H,2-4,6,8H2,1H3,(H,16,17). The van der Waals surface area contributed by atoms with Crippen LogP contribution in [0.1, 0.15) is 26.2 Å². The number of aromatic nitrogens is 2. The number of unbranched alkanes of at least 4 members (excludes halogenated alkanes) is 2. The Morgan fingerprint density at radius 1 is 1.50 bits per heavy atom. The van der Waals surface area contributed by atoms with E-state index >= 15 is 0 Å². The Labute approximate surface area is 124 Å². The first kappa shape index (κ1) is 15.1. The van der Waals surface area contributed by atoms with E-state index in [2.05, 4.69) is 11.9 Å². The molecule has 0 amide bonds. The number of fused-ring (bicyclic) bond motifs is 1. The van der Waals surface area contributed by atoms with Gasteiger partial charge in [0.25, 0.3) is 5.56 Å². The van der Waals surface area contributed by atoms with Crippen molar-refractivity contribution >= 4 is 39.3 Å². The van der Waals surface area contributed by atoms with Crippen LogP contribution in [0.15, 0.2) is 21.4 Å². The van der Waals surface area contributed by atoms with Gasteiger partial charge in [-0.15, -0.1) is 11.3 Å². The fourth-order valence-corrected chi connectivity index (χ4v) is 3.40. The van der Waals surface area contributed by atoms with Gasteiger partial charge in [0.05, 0.1) is 11.3 Å². The van der Waals surface area contributed by atoms with Gasteiger partial charge in [0.15, 0.2) is 5.16 Å². The maximum Gasteiger partial charge on any atom is 0.313 e. The zero-order valence-corrected chi connectivity index (χ0v) is 12.8. The number of thioether (sulfide) groups is 1. The van der Waals surface area contributed by atoms with Crippen molar-refractivity contribution in [3.8, 4) is 0 Å². The molecule has 0 aliphatic heterocycles. The minimum atomic E-state index is -0.908. The van der Waals surface area contributed by atoms with Gasteiger partial charge in [-0.3, -0.25) is 14.2 Å². The van der Waals surface area contributed by atoms with Gasteiger partial charge in [-0.25, -0.2) is 4.98 Å². The third kappa shape index (κ3) is 3.40. The molecule has 0 bridgehead atoms. The van der Waals surface area contributed by atoms with Crippen LogP contribution in [0.3, 0.4) is 0 Å². The molecule has 0 spiro atoms. The summed E-state index contributed by atoms with van der Waals surface area (Å²) in [7, 11) is 0. The quantitative estimate of drug-likeness (QED) is 0.483. The molecule has 0 saturated carbocycles. The van der Waals surface area contributed by atoms with Gasteiger partial charge in [0, 0.05) is 6.54 Å². The summed E-state index contributed by atoms with van der Waals surface area (Å²) in [6, 6.07) is 1.79. The zero-order valence-electron chi connectivity index (χ0n) is 11.2. The van der Waals surface area contributed by atoms with Gasteiger partial charge in [-0.1, -0.05) is 31.5 Å². The Hall–Kier alpha value is -1.34. The first-order chi connectivity index (χ1) is 9.63. The number of carbonyl (C=O) groups is 1. The molecule has 0 fully saturated rings. The Balaban J connectivity index is 2.37.